The number of likely N-dealkylation sites (N-methyl/N-ethyl adjacent to an activating group) is 1. The van der Waals surface area contributed by atoms with Gasteiger partial charge in [-0.1, -0.05) is 46.6 Å². The van der Waals surface area contributed by atoms with Crippen molar-refractivity contribution in [1.82, 2.24) is 10.2 Å². The van der Waals surface area contributed by atoms with Crippen LogP contribution in [-0.4, -0.2) is 36.4 Å². The molecule has 0 radical (unpaired) electrons. The van der Waals surface area contributed by atoms with Crippen molar-refractivity contribution in [3.8, 4) is 5.75 Å². The van der Waals surface area contributed by atoms with Crippen LogP contribution in [0, 0.1) is 5.82 Å². The Bertz CT molecular complexity index is 833. The highest BCUT2D eigenvalue weighted by molar-refractivity contribution is 9.10. The molecule has 0 saturated heterocycles. The third-order valence-electron chi connectivity index (χ3n) is 4.14. The second-order valence-corrected chi connectivity index (χ2v) is 7.37. The molecule has 1 atom stereocenters. The Morgan fingerprint density at radius 3 is 2.50 bits per heavy atom. The smallest absolute Gasteiger partial charge is 0.261 e. The minimum absolute atomic E-state index is 0.155. The number of carbonyl (C=O) groups excluding carboxylic acids is 2. The normalized spacial score (nSPS) is 11.6. The summed E-state index contributed by atoms with van der Waals surface area (Å²) in [4.78, 5) is 26.6. The molecule has 2 aromatic rings. The van der Waals surface area contributed by atoms with E-state index in [1.807, 2.05) is 6.92 Å². The number of halogens is 3. The molecule has 2 aromatic carbocycles. The van der Waals surface area contributed by atoms with Gasteiger partial charge in [0.15, 0.2) is 6.61 Å². The predicted molar refractivity (Wildman–Crippen MR) is 110 cm³/mol. The van der Waals surface area contributed by atoms with Crippen LogP contribution < -0.4 is 10.1 Å². The van der Waals surface area contributed by atoms with Crippen molar-refractivity contribution in [2.75, 3.05) is 13.7 Å². The minimum atomic E-state index is -0.674. The average Bonchev–Trinajstić information content (AvgIpc) is 2.68. The van der Waals surface area contributed by atoms with Crippen LogP contribution in [0.25, 0.3) is 0 Å². The quantitative estimate of drug-likeness (QED) is 0.628. The molecule has 2 rings (SSSR count). The number of rotatable bonds is 8. The van der Waals surface area contributed by atoms with E-state index in [1.165, 1.54) is 24.1 Å². The van der Waals surface area contributed by atoms with E-state index in [0.717, 1.165) is 4.47 Å². The summed E-state index contributed by atoms with van der Waals surface area (Å²) in [6, 6.07) is 10.2. The summed E-state index contributed by atoms with van der Waals surface area (Å²) in [5.41, 5.74) is 0.707. The second kappa shape index (κ2) is 10.4. The molecule has 0 aliphatic carbocycles. The summed E-state index contributed by atoms with van der Waals surface area (Å²) in [7, 11) is 1.52. The molecule has 0 aliphatic heterocycles. The maximum atomic E-state index is 13.2. The van der Waals surface area contributed by atoms with Gasteiger partial charge in [0.25, 0.3) is 5.91 Å². The zero-order valence-corrected chi connectivity index (χ0v) is 17.9. The van der Waals surface area contributed by atoms with Crippen molar-refractivity contribution in [2.45, 2.75) is 25.9 Å². The van der Waals surface area contributed by atoms with E-state index in [2.05, 4.69) is 21.2 Å². The molecule has 0 aromatic heterocycles. The predicted octanol–water partition coefficient (Wildman–Crippen LogP) is 4.17. The van der Waals surface area contributed by atoms with Crippen molar-refractivity contribution in [3.63, 3.8) is 0 Å². The van der Waals surface area contributed by atoms with Gasteiger partial charge in [-0.25, -0.2) is 4.39 Å². The summed E-state index contributed by atoms with van der Waals surface area (Å²) >= 11 is 9.43. The van der Waals surface area contributed by atoms with Gasteiger partial charge in [0.05, 0.1) is 5.02 Å². The fourth-order valence-electron chi connectivity index (χ4n) is 2.69. The van der Waals surface area contributed by atoms with Gasteiger partial charge < -0.3 is 15.0 Å². The van der Waals surface area contributed by atoms with Crippen LogP contribution in [0.4, 0.5) is 4.39 Å². The average molecular weight is 472 g/mol. The van der Waals surface area contributed by atoms with Gasteiger partial charge in [-0.2, -0.15) is 0 Å². The van der Waals surface area contributed by atoms with E-state index >= 15 is 0 Å². The standard InChI is InChI=1S/C20H21BrClFN2O3/c1-3-17(20(27)24-2)25(11-13-4-7-15(23)8-5-13)19(26)12-28-18-9-6-14(21)10-16(18)22/h4-10,17H,3,11-12H2,1-2H3,(H,24,27)/t17-/m1/s1. The Labute approximate surface area is 176 Å². The van der Waals surface area contributed by atoms with Gasteiger partial charge in [0.1, 0.15) is 17.6 Å². The van der Waals surface area contributed by atoms with E-state index in [9.17, 15) is 14.0 Å². The summed E-state index contributed by atoms with van der Waals surface area (Å²) in [5, 5.41) is 2.94. The van der Waals surface area contributed by atoms with Crippen molar-refractivity contribution in [1.29, 1.82) is 0 Å². The molecule has 28 heavy (non-hydrogen) atoms. The van der Waals surface area contributed by atoms with Crippen LogP contribution in [0.5, 0.6) is 5.75 Å². The van der Waals surface area contributed by atoms with Gasteiger partial charge >= 0.3 is 0 Å². The van der Waals surface area contributed by atoms with Gasteiger partial charge in [0.2, 0.25) is 5.91 Å². The lowest BCUT2D eigenvalue weighted by molar-refractivity contribution is -0.142. The first-order chi connectivity index (χ1) is 13.3. The largest absolute Gasteiger partial charge is 0.482 e. The first kappa shape index (κ1) is 22.2. The molecule has 0 unspecified atom stereocenters. The molecule has 2 amide bonds. The monoisotopic (exact) mass is 470 g/mol. The van der Waals surface area contributed by atoms with Crippen LogP contribution in [0.2, 0.25) is 5.02 Å². The Kier molecular flexibility index (Phi) is 8.26. The maximum Gasteiger partial charge on any atom is 0.261 e. The highest BCUT2D eigenvalue weighted by Crippen LogP contribution is 2.27. The molecule has 1 N–H and O–H groups in total. The summed E-state index contributed by atoms with van der Waals surface area (Å²) < 4.78 is 19.5. The van der Waals surface area contributed by atoms with Gasteiger partial charge in [0, 0.05) is 18.1 Å². The topological polar surface area (TPSA) is 58.6 Å². The Morgan fingerprint density at radius 2 is 1.93 bits per heavy atom. The lowest BCUT2D eigenvalue weighted by atomic mass is 10.1. The summed E-state index contributed by atoms with van der Waals surface area (Å²) in [6.07, 6.45) is 0.422. The second-order valence-electron chi connectivity index (χ2n) is 6.05. The van der Waals surface area contributed by atoms with E-state index in [0.29, 0.717) is 22.8 Å². The van der Waals surface area contributed by atoms with E-state index in [1.54, 1.807) is 30.3 Å². The van der Waals surface area contributed by atoms with Crippen LogP contribution in [0.1, 0.15) is 18.9 Å². The zero-order valence-electron chi connectivity index (χ0n) is 15.5. The van der Waals surface area contributed by atoms with E-state index < -0.39 is 6.04 Å². The molecule has 0 spiro atoms. The molecule has 0 fully saturated rings. The van der Waals surface area contributed by atoms with Gasteiger partial charge in [-0.3, -0.25) is 9.59 Å². The number of nitrogens with zero attached hydrogens (tertiary/aromatic N) is 1. The minimum Gasteiger partial charge on any atom is -0.482 e. The third kappa shape index (κ3) is 5.94. The van der Waals surface area contributed by atoms with Gasteiger partial charge in [-0.05, 0) is 42.3 Å². The summed E-state index contributed by atoms with van der Waals surface area (Å²) in [5.74, 6) is -0.653. The van der Waals surface area contributed by atoms with Crippen LogP contribution in [0.15, 0.2) is 46.9 Å². The molecule has 8 heteroatoms. The van der Waals surface area contributed by atoms with Crippen LogP contribution in [0.3, 0.4) is 0 Å². The van der Waals surface area contributed by atoms with Crippen LogP contribution >= 0.6 is 27.5 Å². The van der Waals surface area contributed by atoms with Crippen molar-refractivity contribution in [3.05, 3.63) is 63.3 Å². The van der Waals surface area contributed by atoms with Crippen molar-refractivity contribution >= 4 is 39.3 Å². The van der Waals surface area contributed by atoms with E-state index in [4.69, 9.17) is 16.3 Å². The molecule has 0 bridgehead atoms. The highest BCUT2D eigenvalue weighted by Gasteiger charge is 2.28. The van der Waals surface area contributed by atoms with Crippen molar-refractivity contribution < 1.29 is 18.7 Å². The number of carbonyl (C=O) groups is 2. The molecule has 0 heterocycles. The Balaban J connectivity index is 2.19. The molecule has 0 aliphatic rings. The van der Waals surface area contributed by atoms with Crippen molar-refractivity contribution in [2.24, 2.45) is 0 Å². The Morgan fingerprint density at radius 1 is 1.25 bits per heavy atom. The van der Waals surface area contributed by atoms with Crippen LogP contribution in [-0.2, 0) is 16.1 Å². The molecular formula is C20H21BrClFN2O3. The fourth-order valence-corrected chi connectivity index (χ4v) is 3.42. The number of nitrogens with one attached hydrogen (secondary N) is 1. The molecular weight excluding hydrogens is 451 g/mol. The number of ether oxygens (including phenoxy) is 1. The lowest BCUT2D eigenvalue weighted by Gasteiger charge is -2.30. The third-order valence-corrected chi connectivity index (χ3v) is 4.93. The first-order valence-corrected chi connectivity index (χ1v) is 9.86. The summed E-state index contributed by atoms with van der Waals surface area (Å²) in [6.45, 7) is 1.69. The fraction of sp³-hybridized carbons (Fsp3) is 0.300. The number of hydrogen-bond acceptors (Lipinski definition) is 3. The molecule has 5 nitrogen and oxygen atoms in total. The first-order valence-electron chi connectivity index (χ1n) is 8.69. The lowest BCUT2D eigenvalue weighted by Crippen LogP contribution is -2.49. The number of benzene rings is 2. The molecule has 150 valence electrons. The van der Waals surface area contributed by atoms with Gasteiger partial charge in [-0.15, -0.1) is 0 Å². The van der Waals surface area contributed by atoms with E-state index in [-0.39, 0.29) is 30.8 Å². The molecule has 0 saturated carbocycles. The number of hydrogen-bond donors (Lipinski definition) is 1. The Hall–Kier alpha value is -2.12. The zero-order chi connectivity index (χ0) is 20.7. The highest BCUT2D eigenvalue weighted by atomic mass is 79.9. The number of amides is 2. The SMILES string of the molecule is CC[C@H](C(=O)NC)N(Cc1ccc(F)cc1)C(=O)COc1ccc(Br)cc1Cl. The maximum absolute atomic E-state index is 13.2.